The van der Waals surface area contributed by atoms with Crippen LogP contribution in [0.3, 0.4) is 0 Å². The summed E-state index contributed by atoms with van der Waals surface area (Å²) in [6, 6.07) is 5.90. The zero-order valence-corrected chi connectivity index (χ0v) is 27.7. The molecule has 0 bridgehead atoms. The molecule has 13 heteroatoms. The molecule has 46 heavy (non-hydrogen) atoms. The predicted molar refractivity (Wildman–Crippen MR) is 174 cm³/mol. The van der Waals surface area contributed by atoms with E-state index >= 15 is 0 Å². The number of methoxy groups -OCH3 is 1. The number of nitrogens with one attached hydrogen (secondary N) is 2. The summed E-state index contributed by atoms with van der Waals surface area (Å²) in [6.07, 6.45) is 2.99. The van der Waals surface area contributed by atoms with Gasteiger partial charge in [-0.15, -0.1) is 0 Å². The van der Waals surface area contributed by atoms with E-state index in [1.807, 2.05) is 19.0 Å². The molecule has 0 spiro atoms. The molecular weight excluding hydrogens is 595 g/mol. The fourth-order valence-corrected chi connectivity index (χ4v) is 4.82. The van der Waals surface area contributed by atoms with Crippen LogP contribution < -0.4 is 10.9 Å². The number of aromatic nitrogens is 3. The fraction of sp³-hybridized carbons (Fsp3) is 0.485. The van der Waals surface area contributed by atoms with E-state index in [9.17, 15) is 23.6 Å². The molecule has 0 radical (unpaired) electrons. The molecule has 0 fully saturated rings. The molecule has 0 aliphatic rings. The van der Waals surface area contributed by atoms with E-state index < -0.39 is 23.7 Å². The lowest BCUT2D eigenvalue weighted by molar-refractivity contribution is -0.125. The summed E-state index contributed by atoms with van der Waals surface area (Å²) >= 11 is 0. The van der Waals surface area contributed by atoms with Gasteiger partial charge in [0.2, 0.25) is 0 Å². The number of benzene rings is 1. The Hall–Kier alpha value is -4.36. The Bertz CT molecular complexity index is 1610. The molecule has 1 atom stereocenters. The Balaban J connectivity index is 1.82. The first kappa shape index (κ1) is 36.1. The average molecular weight is 641 g/mol. The molecule has 1 aromatic carbocycles. The van der Waals surface area contributed by atoms with Crippen molar-refractivity contribution in [2.24, 2.45) is 5.41 Å². The van der Waals surface area contributed by atoms with Crippen molar-refractivity contribution in [1.29, 1.82) is 0 Å². The normalized spacial score (nSPS) is 12.8. The standard InChI is InChI=1S/C33H45FN6O6/c1-33(2,3)18-23-16-24(34)17-26-29(23)37-28(35-26)20-40-13-9-11-25(31(40)43)36-30(42)27(46-32(44)39(6)14-15-45-7)12-8-10-22(21-41)19-38(4)5/h9-11,13,16-17,21,27H,8,12,14-15,18-20H2,1-7H3,(H,35,37)(H,36,42)/b22-10-/t27-/m0/s1. The highest BCUT2D eigenvalue weighted by Crippen LogP contribution is 2.27. The number of hydrogen-bond acceptors (Lipinski definition) is 8. The van der Waals surface area contributed by atoms with Crippen LogP contribution in [-0.2, 0) is 32.0 Å². The molecule has 2 heterocycles. The van der Waals surface area contributed by atoms with Crippen LogP contribution in [0.5, 0.6) is 0 Å². The minimum absolute atomic E-state index is 0.0198. The summed E-state index contributed by atoms with van der Waals surface area (Å²) < 4.78 is 26.3. The molecule has 0 aliphatic heterocycles. The van der Waals surface area contributed by atoms with Gasteiger partial charge in [-0.25, -0.2) is 14.2 Å². The third-order valence-corrected chi connectivity index (χ3v) is 6.97. The van der Waals surface area contributed by atoms with Gasteiger partial charge in [0.25, 0.3) is 11.5 Å². The molecule has 0 aliphatic carbocycles. The van der Waals surface area contributed by atoms with Gasteiger partial charge >= 0.3 is 6.09 Å². The first-order valence-electron chi connectivity index (χ1n) is 15.1. The number of halogens is 1. The van der Waals surface area contributed by atoms with Crippen molar-refractivity contribution in [3.05, 3.63) is 69.7 Å². The van der Waals surface area contributed by atoms with E-state index in [4.69, 9.17) is 9.47 Å². The van der Waals surface area contributed by atoms with Gasteiger partial charge in [0, 0.05) is 45.1 Å². The van der Waals surface area contributed by atoms with Crippen molar-refractivity contribution in [2.75, 3.05) is 53.3 Å². The molecule has 0 saturated heterocycles. The van der Waals surface area contributed by atoms with Gasteiger partial charge in [0.15, 0.2) is 6.10 Å². The number of likely N-dealkylation sites (N-methyl/N-ethyl adjacent to an activating group) is 2. The lowest BCUT2D eigenvalue weighted by Gasteiger charge is -2.22. The highest BCUT2D eigenvalue weighted by atomic mass is 19.1. The number of anilines is 1. The first-order valence-corrected chi connectivity index (χ1v) is 15.1. The number of pyridine rings is 1. The lowest BCUT2D eigenvalue weighted by Crippen LogP contribution is -2.39. The molecule has 3 rings (SSSR count). The molecule has 2 N–H and O–H groups in total. The minimum Gasteiger partial charge on any atom is -0.436 e. The number of nitrogens with zero attached hydrogens (tertiary/aromatic N) is 4. The van der Waals surface area contributed by atoms with E-state index in [1.54, 1.807) is 18.3 Å². The number of hydrogen-bond donors (Lipinski definition) is 2. The Morgan fingerprint density at radius 3 is 2.61 bits per heavy atom. The topological polar surface area (TPSA) is 139 Å². The quantitative estimate of drug-likeness (QED) is 0.188. The third-order valence-electron chi connectivity index (χ3n) is 6.97. The van der Waals surface area contributed by atoms with Gasteiger partial charge < -0.3 is 34.1 Å². The van der Waals surface area contributed by atoms with Crippen LogP contribution in [0.25, 0.3) is 11.0 Å². The van der Waals surface area contributed by atoms with Gasteiger partial charge in [-0.3, -0.25) is 14.4 Å². The number of amides is 2. The van der Waals surface area contributed by atoms with Gasteiger partial charge in [-0.05, 0) is 62.5 Å². The summed E-state index contributed by atoms with van der Waals surface area (Å²) in [5, 5.41) is 2.61. The maximum atomic E-state index is 14.4. The minimum atomic E-state index is -1.25. The second-order valence-corrected chi connectivity index (χ2v) is 12.7. The van der Waals surface area contributed by atoms with Gasteiger partial charge in [-0.2, -0.15) is 0 Å². The number of aldehydes is 1. The Kier molecular flexibility index (Phi) is 12.8. The maximum Gasteiger partial charge on any atom is 0.410 e. The van der Waals surface area contributed by atoms with Crippen molar-refractivity contribution in [2.45, 2.75) is 52.7 Å². The van der Waals surface area contributed by atoms with Gasteiger partial charge in [0.1, 0.15) is 23.6 Å². The van der Waals surface area contributed by atoms with E-state index in [-0.39, 0.29) is 49.5 Å². The van der Waals surface area contributed by atoms with Gasteiger partial charge in [0.05, 0.1) is 24.2 Å². The van der Waals surface area contributed by atoms with Gasteiger partial charge in [-0.1, -0.05) is 26.8 Å². The Morgan fingerprint density at radius 2 is 1.96 bits per heavy atom. The van der Waals surface area contributed by atoms with Crippen LogP contribution in [0.15, 0.2) is 46.9 Å². The van der Waals surface area contributed by atoms with Crippen LogP contribution in [-0.4, -0.2) is 96.7 Å². The van der Waals surface area contributed by atoms with Crippen molar-refractivity contribution in [3.8, 4) is 0 Å². The highest BCUT2D eigenvalue weighted by molar-refractivity contribution is 5.95. The second-order valence-electron chi connectivity index (χ2n) is 12.7. The largest absolute Gasteiger partial charge is 0.436 e. The van der Waals surface area contributed by atoms with E-state index in [1.165, 1.54) is 41.8 Å². The van der Waals surface area contributed by atoms with Crippen LogP contribution in [0.1, 0.15) is 45.0 Å². The number of H-pyrrole nitrogens is 1. The molecule has 3 aromatic rings. The molecule has 0 unspecified atom stereocenters. The lowest BCUT2D eigenvalue weighted by atomic mass is 9.87. The third kappa shape index (κ3) is 10.6. The number of aromatic amines is 1. The van der Waals surface area contributed by atoms with E-state index in [2.05, 4.69) is 36.1 Å². The first-order chi connectivity index (χ1) is 21.7. The summed E-state index contributed by atoms with van der Waals surface area (Å²) in [7, 11) is 6.68. The maximum absolute atomic E-state index is 14.4. The Labute approximate surface area is 268 Å². The fourth-order valence-electron chi connectivity index (χ4n) is 4.82. The van der Waals surface area contributed by atoms with E-state index in [0.29, 0.717) is 35.4 Å². The number of imidazole rings is 1. The molecule has 12 nitrogen and oxygen atoms in total. The highest BCUT2D eigenvalue weighted by Gasteiger charge is 2.25. The number of ether oxygens (including phenoxy) is 2. The summed E-state index contributed by atoms with van der Waals surface area (Å²) in [4.78, 5) is 61.9. The Morgan fingerprint density at radius 1 is 1.22 bits per heavy atom. The molecule has 0 saturated carbocycles. The number of fused-ring (bicyclic) bond motifs is 1. The monoisotopic (exact) mass is 640 g/mol. The number of carbonyl (C=O) groups is 3. The average Bonchev–Trinajstić information content (AvgIpc) is 3.38. The summed E-state index contributed by atoms with van der Waals surface area (Å²) in [6.45, 7) is 7.18. The predicted octanol–water partition coefficient (Wildman–Crippen LogP) is 3.99. The van der Waals surface area contributed by atoms with Crippen molar-refractivity contribution < 1.29 is 28.2 Å². The number of carbonyl (C=O) groups excluding carboxylic acids is 3. The van der Waals surface area contributed by atoms with Crippen LogP contribution in [0.2, 0.25) is 0 Å². The van der Waals surface area contributed by atoms with Crippen molar-refractivity contribution in [1.82, 2.24) is 24.3 Å². The van der Waals surface area contributed by atoms with Crippen molar-refractivity contribution >= 4 is 35.0 Å². The van der Waals surface area contributed by atoms with Crippen molar-refractivity contribution in [3.63, 3.8) is 0 Å². The summed E-state index contributed by atoms with van der Waals surface area (Å²) in [5.74, 6) is -0.631. The number of allylic oxidation sites excluding steroid dienone is 1. The summed E-state index contributed by atoms with van der Waals surface area (Å²) in [5.41, 5.74) is 1.88. The molecule has 250 valence electrons. The van der Waals surface area contributed by atoms with Crippen LogP contribution in [0, 0.1) is 11.2 Å². The zero-order chi connectivity index (χ0) is 34.0. The second kappa shape index (κ2) is 16.3. The SMILES string of the molecule is COCCN(C)C(=O)O[C@@H](CC/C=C(\C=O)CN(C)C)C(=O)Nc1cccn(Cc2nc3cc(F)cc(CC(C)(C)C)c3[nH]2)c1=O. The smallest absolute Gasteiger partial charge is 0.410 e. The number of rotatable bonds is 15. The zero-order valence-electron chi connectivity index (χ0n) is 27.7. The van der Waals surface area contributed by atoms with Crippen LogP contribution >= 0.6 is 0 Å². The molecular formula is C33H45FN6O6. The molecule has 2 aromatic heterocycles. The van der Waals surface area contributed by atoms with E-state index in [0.717, 1.165) is 11.8 Å². The van der Waals surface area contributed by atoms with Crippen LogP contribution in [0.4, 0.5) is 14.9 Å². The molecule has 2 amide bonds.